The lowest BCUT2D eigenvalue weighted by Crippen LogP contribution is -2.40. The standard InChI is InChI=1S/C16H17FN4O3S/c1-3-23-9-13-19-20-15(25-13)18-14(22)16(2)8-12(21-24-16)10-6-4-5-7-11(10)17/h4-7H,3,8-9H2,1-2H3,(H,18,20,22). The molecule has 1 N–H and O–H groups in total. The number of benzene rings is 1. The number of rotatable bonds is 6. The van der Waals surface area contributed by atoms with E-state index in [0.717, 1.165) is 0 Å². The summed E-state index contributed by atoms with van der Waals surface area (Å²) in [6, 6.07) is 6.24. The number of oxime groups is 1. The van der Waals surface area contributed by atoms with Crippen molar-refractivity contribution in [1.82, 2.24) is 10.2 Å². The summed E-state index contributed by atoms with van der Waals surface area (Å²) in [6.45, 7) is 4.40. The number of aromatic nitrogens is 2. The largest absolute Gasteiger partial charge is 0.379 e. The molecule has 2 aromatic rings. The van der Waals surface area contributed by atoms with Crippen LogP contribution in [0.3, 0.4) is 0 Å². The first kappa shape index (κ1) is 17.4. The van der Waals surface area contributed by atoms with E-state index in [0.29, 0.717) is 34.6 Å². The third kappa shape index (κ3) is 3.83. The number of anilines is 1. The molecule has 1 amide bonds. The second-order valence-electron chi connectivity index (χ2n) is 5.61. The second-order valence-corrected chi connectivity index (χ2v) is 6.67. The summed E-state index contributed by atoms with van der Waals surface area (Å²) in [5.41, 5.74) is -0.511. The average molecular weight is 364 g/mol. The molecule has 2 heterocycles. The molecular formula is C16H17FN4O3S. The molecule has 1 aliphatic heterocycles. The highest BCUT2D eigenvalue weighted by molar-refractivity contribution is 7.15. The molecule has 0 bridgehead atoms. The van der Waals surface area contributed by atoms with Crippen molar-refractivity contribution in [2.75, 3.05) is 11.9 Å². The molecule has 132 valence electrons. The maximum Gasteiger partial charge on any atom is 0.273 e. The molecule has 7 nitrogen and oxygen atoms in total. The fraction of sp³-hybridized carbons (Fsp3) is 0.375. The van der Waals surface area contributed by atoms with E-state index in [2.05, 4.69) is 20.7 Å². The van der Waals surface area contributed by atoms with Gasteiger partial charge in [-0.1, -0.05) is 34.7 Å². The number of hydrogen-bond acceptors (Lipinski definition) is 7. The molecule has 1 unspecified atom stereocenters. The zero-order valence-corrected chi connectivity index (χ0v) is 14.6. The van der Waals surface area contributed by atoms with Crippen molar-refractivity contribution in [3.8, 4) is 0 Å². The SMILES string of the molecule is CCOCc1nnc(NC(=O)C2(C)CC(c3ccccc3F)=NO2)s1. The van der Waals surface area contributed by atoms with Gasteiger partial charge in [-0.15, -0.1) is 10.2 Å². The Morgan fingerprint density at radius 3 is 3.00 bits per heavy atom. The van der Waals surface area contributed by atoms with Crippen LogP contribution in [0.5, 0.6) is 0 Å². The van der Waals surface area contributed by atoms with Gasteiger partial charge in [0.25, 0.3) is 5.91 Å². The third-order valence-electron chi connectivity index (χ3n) is 3.64. The van der Waals surface area contributed by atoms with Crippen LogP contribution in [0.1, 0.15) is 30.8 Å². The molecule has 9 heteroatoms. The fourth-order valence-electron chi connectivity index (χ4n) is 2.28. The van der Waals surface area contributed by atoms with Crippen molar-refractivity contribution in [3.63, 3.8) is 0 Å². The van der Waals surface area contributed by atoms with Crippen LogP contribution < -0.4 is 5.32 Å². The predicted molar refractivity (Wildman–Crippen MR) is 90.9 cm³/mol. The van der Waals surface area contributed by atoms with Crippen molar-refractivity contribution in [2.24, 2.45) is 5.16 Å². The quantitative estimate of drug-likeness (QED) is 0.852. The molecule has 0 saturated carbocycles. The van der Waals surface area contributed by atoms with Crippen LogP contribution in [0, 0.1) is 5.82 Å². The predicted octanol–water partition coefficient (Wildman–Crippen LogP) is 2.74. The summed E-state index contributed by atoms with van der Waals surface area (Å²) >= 11 is 1.23. The Morgan fingerprint density at radius 2 is 2.24 bits per heavy atom. The van der Waals surface area contributed by atoms with Crippen molar-refractivity contribution in [3.05, 3.63) is 40.7 Å². The molecule has 0 saturated heterocycles. The molecule has 1 aliphatic rings. The number of nitrogens with zero attached hydrogens (tertiary/aromatic N) is 3. The van der Waals surface area contributed by atoms with Crippen molar-refractivity contribution >= 4 is 28.1 Å². The Labute approximate surface area is 147 Å². The summed E-state index contributed by atoms with van der Waals surface area (Å²) in [7, 11) is 0. The number of hydrogen-bond donors (Lipinski definition) is 1. The molecule has 25 heavy (non-hydrogen) atoms. The van der Waals surface area contributed by atoms with E-state index < -0.39 is 17.3 Å². The first-order valence-electron chi connectivity index (χ1n) is 7.73. The summed E-state index contributed by atoms with van der Waals surface area (Å²) in [5, 5.41) is 15.4. The Morgan fingerprint density at radius 1 is 1.44 bits per heavy atom. The maximum atomic E-state index is 13.9. The van der Waals surface area contributed by atoms with E-state index in [9.17, 15) is 9.18 Å². The maximum absolute atomic E-state index is 13.9. The molecule has 1 aromatic carbocycles. The molecule has 0 radical (unpaired) electrons. The van der Waals surface area contributed by atoms with E-state index in [4.69, 9.17) is 9.57 Å². The van der Waals surface area contributed by atoms with Gasteiger partial charge in [-0.2, -0.15) is 0 Å². The number of ether oxygens (including phenoxy) is 1. The summed E-state index contributed by atoms with van der Waals surface area (Å²) in [5.74, 6) is -0.819. The van der Waals surface area contributed by atoms with E-state index in [1.54, 1.807) is 25.1 Å². The average Bonchev–Trinajstić information content (AvgIpc) is 3.21. The monoisotopic (exact) mass is 364 g/mol. The Balaban J connectivity index is 1.65. The molecular weight excluding hydrogens is 347 g/mol. The van der Waals surface area contributed by atoms with Crippen LogP contribution >= 0.6 is 11.3 Å². The first-order chi connectivity index (χ1) is 12.0. The highest BCUT2D eigenvalue weighted by atomic mass is 32.1. The van der Waals surface area contributed by atoms with Crippen LogP contribution in [0.15, 0.2) is 29.4 Å². The highest BCUT2D eigenvalue weighted by Gasteiger charge is 2.43. The Bertz CT molecular complexity index is 810. The smallest absolute Gasteiger partial charge is 0.273 e. The van der Waals surface area contributed by atoms with Gasteiger partial charge in [0.1, 0.15) is 17.4 Å². The van der Waals surface area contributed by atoms with Gasteiger partial charge in [-0.05, 0) is 19.9 Å². The van der Waals surface area contributed by atoms with Crippen LogP contribution in [0.2, 0.25) is 0 Å². The Hall–Kier alpha value is -2.39. The highest BCUT2D eigenvalue weighted by Crippen LogP contribution is 2.29. The lowest BCUT2D eigenvalue weighted by atomic mass is 9.95. The van der Waals surface area contributed by atoms with Crippen LogP contribution in [-0.2, 0) is 21.0 Å². The summed E-state index contributed by atoms with van der Waals surface area (Å²) in [4.78, 5) is 17.8. The van der Waals surface area contributed by atoms with Crippen LogP contribution in [-0.4, -0.2) is 34.0 Å². The number of carbonyl (C=O) groups is 1. The van der Waals surface area contributed by atoms with Gasteiger partial charge in [0.05, 0.1) is 5.71 Å². The van der Waals surface area contributed by atoms with Crippen LogP contribution in [0.25, 0.3) is 0 Å². The van der Waals surface area contributed by atoms with E-state index in [1.165, 1.54) is 17.4 Å². The minimum atomic E-state index is -1.23. The van der Waals surface area contributed by atoms with E-state index in [-0.39, 0.29) is 6.42 Å². The topological polar surface area (TPSA) is 85.7 Å². The lowest BCUT2D eigenvalue weighted by molar-refractivity contribution is -0.135. The molecule has 1 aromatic heterocycles. The summed E-state index contributed by atoms with van der Waals surface area (Å²) in [6.07, 6.45) is 0.157. The van der Waals surface area contributed by atoms with Crippen molar-refractivity contribution < 1.29 is 18.8 Å². The van der Waals surface area contributed by atoms with E-state index >= 15 is 0 Å². The lowest BCUT2D eigenvalue weighted by Gasteiger charge is -2.19. The van der Waals surface area contributed by atoms with Gasteiger partial charge in [0.15, 0.2) is 0 Å². The van der Waals surface area contributed by atoms with Crippen molar-refractivity contribution in [2.45, 2.75) is 32.5 Å². The first-order valence-corrected chi connectivity index (χ1v) is 8.55. The van der Waals surface area contributed by atoms with Gasteiger partial charge in [0.2, 0.25) is 10.7 Å². The van der Waals surface area contributed by atoms with E-state index in [1.807, 2.05) is 6.92 Å². The van der Waals surface area contributed by atoms with Gasteiger partial charge >= 0.3 is 0 Å². The Kier molecular flexibility index (Phi) is 5.05. The van der Waals surface area contributed by atoms with Gasteiger partial charge in [0, 0.05) is 18.6 Å². The number of amides is 1. The van der Waals surface area contributed by atoms with Crippen LogP contribution in [0.4, 0.5) is 9.52 Å². The molecule has 0 spiro atoms. The second kappa shape index (κ2) is 7.24. The minimum Gasteiger partial charge on any atom is -0.379 e. The zero-order valence-electron chi connectivity index (χ0n) is 13.8. The normalized spacial score (nSPS) is 19.4. The molecule has 0 aliphatic carbocycles. The van der Waals surface area contributed by atoms with Crippen molar-refractivity contribution in [1.29, 1.82) is 0 Å². The zero-order chi connectivity index (χ0) is 17.9. The molecule has 3 rings (SSSR count). The van der Waals surface area contributed by atoms with Gasteiger partial charge in [-0.25, -0.2) is 4.39 Å². The number of nitrogens with one attached hydrogen (secondary N) is 1. The third-order valence-corrected chi connectivity index (χ3v) is 4.46. The fourth-order valence-corrected chi connectivity index (χ4v) is 2.95. The number of halogens is 1. The molecule has 1 atom stereocenters. The molecule has 0 fully saturated rings. The van der Waals surface area contributed by atoms with Gasteiger partial charge in [-0.3, -0.25) is 10.1 Å². The minimum absolute atomic E-state index is 0.157. The van der Waals surface area contributed by atoms with Gasteiger partial charge < -0.3 is 9.57 Å². The number of carbonyl (C=O) groups excluding carboxylic acids is 1. The summed E-state index contributed by atoms with van der Waals surface area (Å²) < 4.78 is 19.1.